The van der Waals surface area contributed by atoms with Crippen LogP contribution < -0.4 is 4.90 Å². The zero-order valence-electron chi connectivity index (χ0n) is 9.30. The van der Waals surface area contributed by atoms with Crippen molar-refractivity contribution in [3.8, 4) is 0 Å². The highest BCUT2D eigenvalue weighted by Gasteiger charge is 2.30. The van der Waals surface area contributed by atoms with Gasteiger partial charge in [-0.1, -0.05) is 0 Å². The number of anilines is 1. The lowest BCUT2D eigenvalue weighted by Gasteiger charge is -2.21. The van der Waals surface area contributed by atoms with E-state index >= 15 is 0 Å². The van der Waals surface area contributed by atoms with Crippen molar-refractivity contribution in [2.45, 2.75) is 18.9 Å². The molecule has 0 bridgehead atoms. The van der Waals surface area contributed by atoms with Crippen molar-refractivity contribution in [1.29, 1.82) is 0 Å². The predicted molar refractivity (Wildman–Crippen MR) is 59.7 cm³/mol. The van der Waals surface area contributed by atoms with Gasteiger partial charge >= 0.3 is 0 Å². The van der Waals surface area contributed by atoms with Crippen LogP contribution in [-0.4, -0.2) is 42.6 Å². The van der Waals surface area contributed by atoms with Gasteiger partial charge in [0, 0.05) is 32.1 Å². The third-order valence-electron chi connectivity index (χ3n) is 2.58. The van der Waals surface area contributed by atoms with E-state index in [9.17, 15) is 4.79 Å². The van der Waals surface area contributed by atoms with Crippen LogP contribution in [0.3, 0.4) is 0 Å². The summed E-state index contributed by atoms with van der Waals surface area (Å²) < 4.78 is 5.06. The SMILES string of the molecule is COCCN(c1ncc(C=O)cn1)C1CC1. The third-order valence-corrected chi connectivity index (χ3v) is 2.58. The van der Waals surface area contributed by atoms with Crippen LogP contribution in [0.1, 0.15) is 23.2 Å². The highest BCUT2D eigenvalue weighted by molar-refractivity contribution is 5.73. The Labute approximate surface area is 94.5 Å². The van der Waals surface area contributed by atoms with Crippen molar-refractivity contribution in [2.24, 2.45) is 0 Å². The second-order valence-electron chi connectivity index (χ2n) is 3.85. The molecule has 86 valence electrons. The van der Waals surface area contributed by atoms with Gasteiger partial charge in [-0.25, -0.2) is 9.97 Å². The van der Waals surface area contributed by atoms with Gasteiger partial charge in [-0.05, 0) is 12.8 Å². The molecule has 5 heteroatoms. The first-order valence-corrected chi connectivity index (χ1v) is 5.38. The first kappa shape index (κ1) is 11.0. The molecule has 1 aromatic rings. The lowest BCUT2D eigenvalue weighted by atomic mass is 10.4. The lowest BCUT2D eigenvalue weighted by Crippen LogP contribution is -2.31. The predicted octanol–water partition coefficient (Wildman–Crippen LogP) is 0.904. The number of hydrogen-bond donors (Lipinski definition) is 0. The molecule has 1 saturated carbocycles. The third kappa shape index (κ3) is 2.55. The van der Waals surface area contributed by atoms with E-state index in [0.29, 0.717) is 24.2 Å². The number of carbonyl (C=O) groups is 1. The number of aromatic nitrogens is 2. The summed E-state index contributed by atoms with van der Waals surface area (Å²) in [4.78, 5) is 21.0. The first-order chi connectivity index (χ1) is 7.85. The molecule has 16 heavy (non-hydrogen) atoms. The molecule has 1 aliphatic carbocycles. The van der Waals surface area contributed by atoms with Crippen molar-refractivity contribution in [1.82, 2.24) is 9.97 Å². The van der Waals surface area contributed by atoms with Crippen LogP contribution in [0.15, 0.2) is 12.4 Å². The van der Waals surface area contributed by atoms with Crippen LogP contribution in [0.25, 0.3) is 0 Å². The fraction of sp³-hybridized carbons (Fsp3) is 0.545. The molecule has 1 aromatic heterocycles. The summed E-state index contributed by atoms with van der Waals surface area (Å²) in [6.07, 6.45) is 6.22. The molecule has 1 heterocycles. The molecule has 0 atom stereocenters. The number of carbonyl (C=O) groups excluding carboxylic acids is 1. The second kappa shape index (κ2) is 5.03. The highest BCUT2D eigenvalue weighted by atomic mass is 16.5. The molecule has 0 spiro atoms. The fourth-order valence-corrected chi connectivity index (χ4v) is 1.56. The van der Waals surface area contributed by atoms with Crippen LogP contribution in [0.5, 0.6) is 0 Å². The Morgan fingerprint density at radius 1 is 1.50 bits per heavy atom. The summed E-state index contributed by atoms with van der Waals surface area (Å²) in [6, 6.07) is 0.539. The minimum absolute atomic E-state index is 0.506. The summed E-state index contributed by atoms with van der Waals surface area (Å²) in [5.74, 6) is 0.685. The quantitative estimate of drug-likeness (QED) is 0.668. The van der Waals surface area contributed by atoms with Gasteiger partial charge in [0.15, 0.2) is 6.29 Å². The van der Waals surface area contributed by atoms with Crippen molar-refractivity contribution in [2.75, 3.05) is 25.2 Å². The topological polar surface area (TPSA) is 55.3 Å². The number of aldehydes is 1. The molecule has 5 nitrogen and oxygen atoms in total. The van der Waals surface area contributed by atoms with Gasteiger partial charge in [0.25, 0.3) is 0 Å². The number of ether oxygens (including phenoxy) is 1. The van der Waals surface area contributed by atoms with E-state index in [1.54, 1.807) is 19.5 Å². The van der Waals surface area contributed by atoms with Gasteiger partial charge in [0.2, 0.25) is 5.95 Å². The Hall–Kier alpha value is -1.49. The number of rotatable bonds is 6. The van der Waals surface area contributed by atoms with E-state index in [1.165, 1.54) is 12.8 Å². The van der Waals surface area contributed by atoms with Crippen molar-refractivity contribution in [3.63, 3.8) is 0 Å². The van der Waals surface area contributed by atoms with E-state index < -0.39 is 0 Å². The van der Waals surface area contributed by atoms with E-state index in [4.69, 9.17) is 4.74 Å². The first-order valence-electron chi connectivity index (χ1n) is 5.38. The summed E-state index contributed by atoms with van der Waals surface area (Å²) in [5.41, 5.74) is 0.506. The Balaban J connectivity index is 2.08. The van der Waals surface area contributed by atoms with Crippen LogP contribution in [0.2, 0.25) is 0 Å². The van der Waals surface area contributed by atoms with Crippen molar-refractivity contribution < 1.29 is 9.53 Å². The Morgan fingerprint density at radius 2 is 2.19 bits per heavy atom. The van der Waals surface area contributed by atoms with E-state index in [-0.39, 0.29) is 0 Å². The van der Waals surface area contributed by atoms with Gasteiger partial charge < -0.3 is 9.64 Å². The summed E-state index contributed by atoms with van der Waals surface area (Å²) in [7, 11) is 1.68. The molecule has 0 N–H and O–H groups in total. The van der Waals surface area contributed by atoms with E-state index in [2.05, 4.69) is 14.9 Å². The Morgan fingerprint density at radius 3 is 2.69 bits per heavy atom. The largest absolute Gasteiger partial charge is 0.383 e. The van der Waals surface area contributed by atoms with Gasteiger partial charge in [0.05, 0.1) is 12.2 Å². The molecular formula is C11H15N3O2. The summed E-state index contributed by atoms with van der Waals surface area (Å²) in [6.45, 7) is 1.46. The molecule has 0 radical (unpaired) electrons. The average Bonchev–Trinajstić information content (AvgIpc) is 3.15. The maximum absolute atomic E-state index is 10.5. The molecule has 0 aliphatic heterocycles. The molecule has 0 saturated heterocycles. The van der Waals surface area contributed by atoms with Crippen LogP contribution in [0, 0.1) is 0 Å². The lowest BCUT2D eigenvalue weighted by molar-refractivity contribution is 0.112. The maximum atomic E-state index is 10.5. The highest BCUT2D eigenvalue weighted by Crippen LogP contribution is 2.29. The summed E-state index contributed by atoms with van der Waals surface area (Å²) >= 11 is 0. The van der Waals surface area contributed by atoms with Crippen molar-refractivity contribution >= 4 is 12.2 Å². The van der Waals surface area contributed by atoms with Gasteiger partial charge in [-0.3, -0.25) is 4.79 Å². The van der Waals surface area contributed by atoms with Crippen LogP contribution >= 0.6 is 0 Å². The molecule has 1 aliphatic rings. The smallest absolute Gasteiger partial charge is 0.225 e. The summed E-state index contributed by atoms with van der Waals surface area (Å²) in [5, 5.41) is 0. The molecule has 1 fully saturated rings. The number of methoxy groups -OCH3 is 1. The zero-order chi connectivity index (χ0) is 11.4. The molecule has 0 amide bonds. The minimum Gasteiger partial charge on any atom is -0.383 e. The Bertz CT molecular complexity index is 349. The van der Waals surface area contributed by atoms with E-state index in [1.807, 2.05) is 0 Å². The molecular weight excluding hydrogens is 206 g/mol. The standard InChI is InChI=1S/C11H15N3O2/c1-16-5-4-14(10-2-3-10)11-12-6-9(8-15)7-13-11/h6-8,10H,2-5H2,1H3. The van der Waals surface area contributed by atoms with Crippen molar-refractivity contribution in [3.05, 3.63) is 18.0 Å². The molecule has 2 rings (SSSR count). The second-order valence-corrected chi connectivity index (χ2v) is 3.85. The monoisotopic (exact) mass is 221 g/mol. The minimum atomic E-state index is 0.506. The normalized spacial score (nSPS) is 14.8. The van der Waals surface area contributed by atoms with E-state index in [0.717, 1.165) is 12.8 Å². The average molecular weight is 221 g/mol. The van der Waals surface area contributed by atoms with Gasteiger partial charge in [-0.15, -0.1) is 0 Å². The molecule has 0 unspecified atom stereocenters. The van der Waals surface area contributed by atoms with Gasteiger partial charge in [0.1, 0.15) is 0 Å². The molecule has 0 aromatic carbocycles. The number of nitrogens with zero attached hydrogens (tertiary/aromatic N) is 3. The maximum Gasteiger partial charge on any atom is 0.225 e. The van der Waals surface area contributed by atoms with Crippen LogP contribution in [-0.2, 0) is 4.74 Å². The Kier molecular flexibility index (Phi) is 3.46. The van der Waals surface area contributed by atoms with Crippen LogP contribution in [0.4, 0.5) is 5.95 Å². The zero-order valence-corrected chi connectivity index (χ0v) is 9.30. The van der Waals surface area contributed by atoms with Gasteiger partial charge in [-0.2, -0.15) is 0 Å². The number of hydrogen-bond acceptors (Lipinski definition) is 5. The fourth-order valence-electron chi connectivity index (χ4n) is 1.56.